The van der Waals surface area contributed by atoms with E-state index in [2.05, 4.69) is 325 Å². The van der Waals surface area contributed by atoms with Crippen LogP contribution in [0.3, 0.4) is 0 Å². The van der Waals surface area contributed by atoms with Gasteiger partial charge in [0.2, 0.25) is 0 Å². The van der Waals surface area contributed by atoms with Crippen LogP contribution in [0.2, 0.25) is 0 Å². The fourth-order valence-electron chi connectivity index (χ4n) is 15.5. The zero-order valence-electron chi connectivity index (χ0n) is 69.4. The van der Waals surface area contributed by atoms with Crippen molar-refractivity contribution in [2.45, 2.75) is 240 Å². The van der Waals surface area contributed by atoms with E-state index in [0.717, 1.165) is 140 Å². The van der Waals surface area contributed by atoms with Gasteiger partial charge in [0, 0.05) is 54.5 Å². The molecule has 0 fully saturated rings. The summed E-state index contributed by atoms with van der Waals surface area (Å²) >= 11 is 1.66. The summed E-state index contributed by atoms with van der Waals surface area (Å²) in [5.74, 6) is 5.05. The fraction of sp³-hybridized carbons (Fsp3) is 0.359. The quantitative estimate of drug-likeness (QED) is 0.114. The van der Waals surface area contributed by atoms with Crippen molar-refractivity contribution < 1.29 is 33.5 Å². The molecule has 0 spiro atoms. The minimum atomic E-state index is -0.315. The topological polar surface area (TPSA) is 75.6 Å². The molecule has 0 radical (unpaired) electrons. The van der Waals surface area contributed by atoms with Crippen molar-refractivity contribution in [1.82, 2.24) is 0 Å². The van der Waals surface area contributed by atoms with Crippen molar-refractivity contribution in [2.75, 3.05) is 6.26 Å². The summed E-state index contributed by atoms with van der Waals surface area (Å²) < 4.78 is 46.1. The van der Waals surface area contributed by atoms with Gasteiger partial charge in [-0.1, -0.05) is 319 Å². The van der Waals surface area contributed by atoms with Gasteiger partial charge >= 0.3 is 0 Å². The number of fused-ring (bicyclic) bond motifs is 10. The van der Waals surface area contributed by atoms with Crippen LogP contribution in [-0.4, -0.2) is 11.4 Å². The van der Waals surface area contributed by atoms with Crippen LogP contribution in [0.25, 0.3) is 0 Å². The van der Waals surface area contributed by atoms with E-state index in [1.807, 2.05) is 12.1 Å². The lowest BCUT2D eigenvalue weighted by Crippen LogP contribution is -2.18. The number of hydrogen-bond donors (Lipinski definition) is 1. The molecule has 2 heterocycles. The van der Waals surface area contributed by atoms with Gasteiger partial charge in [0.25, 0.3) is 0 Å². The van der Waals surface area contributed by atoms with Gasteiger partial charge in [-0.05, 0) is 173 Å². The van der Waals surface area contributed by atoms with Crippen LogP contribution in [0, 0.1) is 0 Å². The highest BCUT2D eigenvalue weighted by Gasteiger charge is 2.33. The van der Waals surface area contributed by atoms with Crippen LogP contribution in [0.1, 0.15) is 258 Å². The highest BCUT2D eigenvalue weighted by Crippen LogP contribution is 2.48. The molecule has 2 aliphatic rings. The first kappa shape index (κ1) is 79.5. The Bertz CT molecular complexity index is 4560. The number of rotatable bonds is 13. The molecule has 7 nitrogen and oxygen atoms in total. The number of phenols is 1. The van der Waals surface area contributed by atoms with Crippen LogP contribution in [0.15, 0.2) is 211 Å². The number of aromatic hydroxyl groups is 1. The van der Waals surface area contributed by atoms with E-state index in [0.29, 0.717) is 65.0 Å². The van der Waals surface area contributed by atoms with E-state index in [1.54, 1.807) is 11.8 Å². The third-order valence-electron chi connectivity index (χ3n) is 22.0. The van der Waals surface area contributed by atoms with Crippen molar-refractivity contribution in [3.8, 4) is 40.2 Å². The third kappa shape index (κ3) is 19.0. The van der Waals surface area contributed by atoms with Crippen molar-refractivity contribution in [1.29, 1.82) is 0 Å². The third-order valence-corrected chi connectivity index (χ3v) is 23.0. The minimum Gasteiger partial charge on any atom is -0.508 e. The average Bonchev–Trinajstić information content (AvgIpc) is 0.764. The van der Waals surface area contributed by atoms with Gasteiger partial charge in [0.1, 0.15) is 79.9 Å². The first-order valence-electron chi connectivity index (χ1n) is 39.9. The molecular weight excluding hydrogens is 1380 g/mol. The lowest BCUT2D eigenvalue weighted by molar-refractivity contribution is 0.285. The Morgan fingerprint density at radius 3 is 0.649 bits per heavy atom. The number of ether oxygens (including phenoxy) is 6. The maximum Gasteiger partial charge on any atom is 0.126 e. The van der Waals surface area contributed by atoms with Crippen LogP contribution in [-0.2, 0) is 111 Å². The van der Waals surface area contributed by atoms with Gasteiger partial charge in [0.15, 0.2) is 0 Å². The largest absolute Gasteiger partial charge is 0.508 e. The van der Waals surface area contributed by atoms with E-state index >= 15 is 0 Å². The molecule has 13 rings (SSSR count). The molecule has 11 aromatic carbocycles. The molecule has 0 unspecified atom stereocenters. The molecule has 576 valence electrons. The van der Waals surface area contributed by atoms with E-state index < -0.39 is 0 Å². The van der Waals surface area contributed by atoms with Gasteiger partial charge < -0.3 is 33.5 Å². The standard InChI is InChI=1S/C103H116O7S/c1-98(2,3)84-46-70-40-71-47-85(99(4,5)6)51-75(92(71)106-61-67-34-26-21-27-35-67)43-80-56-89(103(16,17)18)57-81-45-77-53-87(101(10,11)12)49-73(94(77)108-63-69-38-30-23-31-39-69)41-72-48-86(100(7,8)9)52-76(93(72)107-62-68-36-28-22-29-37-68)44-79-55-88(102(13,14)15)54-78(42-74(50-84)91(70)105-60-66-32-24-20-25-33-66)95(79)109-64-82-58-90(104)59-83(97(82)111-19)65-110-96(80)81/h20-39,46-59,104H,40-45,60-65H2,1-19H3. The molecule has 2 aliphatic heterocycles. The summed E-state index contributed by atoms with van der Waals surface area (Å²) in [6.07, 6.45) is 4.98. The lowest BCUT2D eigenvalue weighted by atomic mass is 9.79. The molecule has 0 atom stereocenters. The molecule has 11 aromatic rings. The van der Waals surface area contributed by atoms with E-state index in [1.165, 1.54) is 33.4 Å². The van der Waals surface area contributed by atoms with Crippen LogP contribution < -0.4 is 28.4 Å². The molecule has 12 bridgehead atoms. The SMILES string of the molecule is CSc1c2cc(O)cc1COc1c3cc(C(C)(C)C)cc1Cc1cc(C(C)(C)C)cc(c1OCc1ccccc1)Cc1cc(C(C)(C)C)cc(c1OCc1ccccc1)Cc1cc(C(C)(C)C)cc(c1OC2)Cc1cc(C(C)(C)C)cc(c1OCc1ccccc1)Cc1cc(C(C)(C)C)cc(c1OCc1ccccc1)C3. The molecule has 1 N–H and O–H groups in total. The molecule has 0 saturated carbocycles. The average molecular weight is 1500 g/mol. The van der Waals surface area contributed by atoms with Crippen LogP contribution in [0.4, 0.5) is 0 Å². The number of hydrogen-bond acceptors (Lipinski definition) is 8. The zero-order chi connectivity index (χ0) is 79.0. The van der Waals surface area contributed by atoms with Gasteiger partial charge in [-0.2, -0.15) is 0 Å². The Morgan fingerprint density at radius 2 is 0.459 bits per heavy atom. The van der Waals surface area contributed by atoms with Gasteiger partial charge in [0.05, 0.1) is 0 Å². The summed E-state index contributed by atoms with van der Waals surface area (Å²) in [5.41, 5.74) is 24.0. The summed E-state index contributed by atoms with van der Waals surface area (Å²) in [4.78, 5) is 0.983. The second kappa shape index (κ2) is 32.2. The molecule has 8 heteroatoms. The molecule has 0 aromatic heterocycles. The van der Waals surface area contributed by atoms with Crippen LogP contribution >= 0.6 is 11.8 Å². The second-order valence-electron chi connectivity index (χ2n) is 37.3. The molecular formula is C103H116O7S. The Balaban J connectivity index is 1.22. The van der Waals surface area contributed by atoms with Crippen molar-refractivity contribution in [3.05, 3.63) is 340 Å². The van der Waals surface area contributed by atoms with Crippen LogP contribution in [0.5, 0.6) is 40.2 Å². The summed E-state index contributed by atoms with van der Waals surface area (Å²) in [5, 5.41) is 12.4. The summed E-state index contributed by atoms with van der Waals surface area (Å²) in [7, 11) is 0. The molecule has 0 aliphatic carbocycles. The Labute approximate surface area is 667 Å². The fourth-order valence-corrected chi connectivity index (χ4v) is 16.2. The molecule has 0 saturated heterocycles. The Hall–Kier alpha value is -9.63. The van der Waals surface area contributed by atoms with E-state index in [9.17, 15) is 5.11 Å². The van der Waals surface area contributed by atoms with Gasteiger partial charge in [-0.3, -0.25) is 0 Å². The van der Waals surface area contributed by atoms with Gasteiger partial charge in [-0.25, -0.2) is 0 Å². The van der Waals surface area contributed by atoms with Crippen molar-refractivity contribution in [3.63, 3.8) is 0 Å². The predicted octanol–water partition coefficient (Wildman–Crippen LogP) is 25.5. The summed E-state index contributed by atoms with van der Waals surface area (Å²) in [6.45, 7) is 43.5. The maximum absolute atomic E-state index is 12.4. The number of benzene rings is 11. The smallest absolute Gasteiger partial charge is 0.126 e. The predicted molar refractivity (Wildman–Crippen MR) is 459 cm³/mol. The first-order valence-corrected chi connectivity index (χ1v) is 41.1. The van der Waals surface area contributed by atoms with E-state index in [4.69, 9.17) is 28.4 Å². The monoisotopic (exact) mass is 1500 g/mol. The molecule has 111 heavy (non-hydrogen) atoms. The first-order chi connectivity index (χ1) is 52.6. The highest BCUT2D eigenvalue weighted by molar-refractivity contribution is 7.98. The number of thioether (sulfide) groups is 1. The lowest BCUT2D eigenvalue weighted by Gasteiger charge is -2.29. The Kier molecular flexibility index (Phi) is 23.1. The van der Waals surface area contributed by atoms with Gasteiger partial charge in [-0.15, -0.1) is 11.8 Å². The van der Waals surface area contributed by atoms with Crippen molar-refractivity contribution in [2.24, 2.45) is 0 Å². The Morgan fingerprint density at radius 1 is 0.270 bits per heavy atom. The summed E-state index contributed by atoms with van der Waals surface area (Å²) in [6, 6.07) is 75.0. The van der Waals surface area contributed by atoms with E-state index in [-0.39, 0.29) is 51.5 Å². The zero-order valence-corrected chi connectivity index (χ0v) is 70.2. The highest BCUT2D eigenvalue weighted by atomic mass is 32.2. The molecule has 0 amide bonds. The minimum absolute atomic E-state index is 0.137. The van der Waals surface area contributed by atoms with Crippen molar-refractivity contribution >= 4 is 11.8 Å². The second-order valence-corrected chi connectivity index (χ2v) is 38.1. The maximum atomic E-state index is 12.4. The normalized spacial score (nSPS) is 13.6. The number of phenolic OH excluding ortho intramolecular Hbond substituents is 1.